The standard InChI is InChI=1S/C20H19N3O3/c1-14-10-16(13-21-17-6-4-9-20(11-17)26-3)15(2)22(14)18-7-5-8-19(12-18)23(24)25/h4-13H,1-3H3. The molecule has 0 radical (unpaired) electrons. The molecule has 0 fully saturated rings. The molecule has 2 aromatic carbocycles. The average molecular weight is 349 g/mol. The molecule has 0 saturated carbocycles. The number of hydrogen-bond acceptors (Lipinski definition) is 4. The van der Waals surface area contributed by atoms with Crippen molar-refractivity contribution in [2.45, 2.75) is 13.8 Å². The Labute approximate surface area is 151 Å². The monoisotopic (exact) mass is 349 g/mol. The quantitative estimate of drug-likeness (QED) is 0.379. The van der Waals surface area contributed by atoms with Gasteiger partial charge in [-0.2, -0.15) is 0 Å². The SMILES string of the molecule is COc1cccc(N=Cc2cc(C)n(-c3cccc([N+](=O)[O-])c3)c2C)c1. The van der Waals surface area contributed by atoms with Crippen LogP contribution in [-0.2, 0) is 0 Å². The molecule has 0 atom stereocenters. The number of methoxy groups -OCH3 is 1. The van der Waals surface area contributed by atoms with Gasteiger partial charge in [0.15, 0.2) is 0 Å². The molecule has 3 rings (SSSR count). The second-order valence-corrected chi connectivity index (χ2v) is 5.90. The molecule has 1 aromatic heterocycles. The number of rotatable bonds is 5. The van der Waals surface area contributed by atoms with Crippen LogP contribution < -0.4 is 4.74 Å². The zero-order valence-electron chi connectivity index (χ0n) is 14.8. The molecule has 1 heterocycles. The van der Waals surface area contributed by atoms with Gasteiger partial charge in [-0.1, -0.05) is 12.1 Å². The number of nitro benzene ring substituents is 1. The van der Waals surface area contributed by atoms with E-state index in [4.69, 9.17) is 4.74 Å². The van der Waals surface area contributed by atoms with Crippen molar-refractivity contribution in [3.63, 3.8) is 0 Å². The maximum absolute atomic E-state index is 11.0. The third kappa shape index (κ3) is 3.49. The fraction of sp³-hybridized carbons (Fsp3) is 0.150. The van der Waals surface area contributed by atoms with Crippen molar-refractivity contribution in [1.29, 1.82) is 0 Å². The molecule has 3 aromatic rings. The summed E-state index contributed by atoms with van der Waals surface area (Å²) in [7, 11) is 1.62. The zero-order chi connectivity index (χ0) is 18.7. The summed E-state index contributed by atoms with van der Waals surface area (Å²) in [4.78, 5) is 15.2. The number of nitro groups is 1. The smallest absolute Gasteiger partial charge is 0.271 e. The molecular weight excluding hydrogens is 330 g/mol. The molecule has 26 heavy (non-hydrogen) atoms. The summed E-state index contributed by atoms with van der Waals surface area (Å²) >= 11 is 0. The van der Waals surface area contributed by atoms with Gasteiger partial charge in [0.2, 0.25) is 0 Å². The van der Waals surface area contributed by atoms with Crippen molar-refractivity contribution >= 4 is 17.6 Å². The van der Waals surface area contributed by atoms with Crippen molar-refractivity contribution < 1.29 is 9.66 Å². The van der Waals surface area contributed by atoms with Gasteiger partial charge in [0.25, 0.3) is 5.69 Å². The van der Waals surface area contributed by atoms with Crippen molar-refractivity contribution in [1.82, 2.24) is 4.57 Å². The lowest BCUT2D eigenvalue weighted by Crippen LogP contribution is -2.00. The van der Waals surface area contributed by atoms with Gasteiger partial charge in [0.1, 0.15) is 5.75 Å². The Hall–Kier alpha value is -3.41. The van der Waals surface area contributed by atoms with Crippen LogP contribution in [0.2, 0.25) is 0 Å². The predicted octanol–water partition coefficient (Wildman–Crippen LogP) is 4.76. The summed E-state index contributed by atoms with van der Waals surface area (Å²) in [5.41, 5.74) is 4.53. The van der Waals surface area contributed by atoms with Gasteiger partial charge in [0.05, 0.1) is 23.4 Å². The van der Waals surface area contributed by atoms with Crippen LogP contribution in [0.4, 0.5) is 11.4 Å². The fourth-order valence-corrected chi connectivity index (χ4v) is 2.90. The van der Waals surface area contributed by atoms with Crippen molar-refractivity contribution in [2.75, 3.05) is 7.11 Å². The molecule has 0 spiro atoms. The minimum atomic E-state index is -0.386. The Morgan fingerprint density at radius 3 is 2.62 bits per heavy atom. The Morgan fingerprint density at radius 2 is 1.88 bits per heavy atom. The van der Waals surface area contributed by atoms with E-state index in [9.17, 15) is 10.1 Å². The molecule has 6 nitrogen and oxygen atoms in total. The molecule has 0 saturated heterocycles. The fourth-order valence-electron chi connectivity index (χ4n) is 2.90. The highest BCUT2D eigenvalue weighted by Crippen LogP contribution is 2.24. The lowest BCUT2D eigenvalue weighted by atomic mass is 10.2. The van der Waals surface area contributed by atoms with E-state index in [1.807, 2.05) is 54.8 Å². The third-order valence-electron chi connectivity index (χ3n) is 4.18. The topological polar surface area (TPSA) is 69.7 Å². The molecular formula is C20H19N3O3. The van der Waals surface area contributed by atoms with Crippen LogP contribution in [0.3, 0.4) is 0 Å². The van der Waals surface area contributed by atoms with Gasteiger partial charge in [0, 0.05) is 41.4 Å². The molecule has 0 bridgehead atoms. The summed E-state index contributed by atoms with van der Waals surface area (Å²) in [6.07, 6.45) is 1.80. The third-order valence-corrected chi connectivity index (χ3v) is 4.18. The van der Waals surface area contributed by atoms with E-state index in [2.05, 4.69) is 4.99 Å². The number of ether oxygens (including phenoxy) is 1. The van der Waals surface area contributed by atoms with Crippen molar-refractivity contribution in [2.24, 2.45) is 4.99 Å². The van der Waals surface area contributed by atoms with E-state index in [1.165, 1.54) is 6.07 Å². The molecule has 0 amide bonds. The molecule has 0 aliphatic carbocycles. The molecule has 0 aliphatic heterocycles. The van der Waals surface area contributed by atoms with E-state index in [0.717, 1.165) is 34.1 Å². The summed E-state index contributed by atoms with van der Waals surface area (Å²) in [5, 5.41) is 11.0. The number of aryl methyl sites for hydroxylation is 1. The Bertz CT molecular complexity index is 990. The van der Waals surface area contributed by atoms with Crippen LogP contribution in [0, 0.1) is 24.0 Å². The maximum atomic E-state index is 11.0. The lowest BCUT2D eigenvalue weighted by molar-refractivity contribution is -0.384. The number of aliphatic imine (C=N–C) groups is 1. The van der Waals surface area contributed by atoms with Gasteiger partial charge in [-0.3, -0.25) is 15.1 Å². The average Bonchev–Trinajstić information content (AvgIpc) is 2.93. The second kappa shape index (κ2) is 7.23. The number of nitrogens with zero attached hydrogens (tertiary/aromatic N) is 3. The first-order valence-corrected chi connectivity index (χ1v) is 8.11. The summed E-state index contributed by atoms with van der Waals surface area (Å²) in [6.45, 7) is 3.94. The molecule has 6 heteroatoms. The predicted molar refractivity (Wildman–Crippen MR) is 102 cm³/mol. The van der Waals surface area contributed by atoms with E-state index in [0.29, 0.717) is 0 Å². The number of benzene rings is 2. The minimum Gasteiger partial charge on any atom is -0.497 e. The Kier molecular flexibility index (Phi) is 4.84. The highest BCUT2D eigenvalue weighted by molar-refractivity contribution is 5.84. The largest absolute Gasteiger partial charge is 0.497 e. The zero-order valence-corrected chi connectivity index (χ0v) is 14.8. The molecule has 0 N–H and O–H groups in total. The van der Waals surface area contributed by atoms with E-state index in [-0.39, 0.29) is 10.6 Å². The number of hydrogen-bond donors (Lipinski definition) is 0. The van der Waals surface area contributed by atoms with E-state index < -0.39 is 0 Å². The lowest BCUT2D eigenvalue weighted by Gasteiger charge is -2.09. The van der Waals surface area contributed by atoms with Crippen LogP contribution in [-0.4, -0.2) is 22.8 Å². The molecule has 0 unspecified atom stereocenters. The number of non-ortho nitro benzene ring substituents is 1. The summed E-state index contributed by atoms with van der Waals surface area (Å²) in [6, 6.07) is 16.1. The normalized spacial score (nSPS) is 11.0. The van der Waals surface area contributed by atoms with Crippen LogP contribution in [0.15, 0.2) is 59.6 Å². The summed E-state index contributed by atoms with van der Waals surface area (Å²) in [5.74, 6) is 0.752. The molecule has 132 valence electrons. The summed E-state index contributed by atoms with van der Waals surface area (Å²) < 4.78 is 7.20. The van der Waals surface area contributed by atoms with Gasteiger partial charge >= 0.3 is 0 Å². The van der Waals surface area contributed by atoms with Crippen molar-refractivity contribution in [3.8, 4) is 11.4 Å². The first-order chi connectivity index (χ1) is 12.5. The minimum absolute atomic E-state index is 0.0709. The van der Waals surface area contributed by atoms with Crippen LogP contribution in [0.25, 0.3) is 5.69 Å². The van der Waals surface area contributed by atoms with Crippen LogP contribution in [0.1, 0.15) is 17.0 Å². The van der Waals surface area contributed by atoms with Crippen LogP contribution in [0.5, 0.6) is 5.75 Å². The Balaban J connectivity index is 1.96. The highest BCUT2D eigenvalue weighted by atomic mass is 16.6. The van der Waals surface area contributed by atoms with Gasteiger partial charge < -0.3 is 9.30 Å². The maximum Gasteiger partial charge on any atom is 0.271 e. The first kappa shape index (κ1) is 17.4. The molecule has 0 aliphatic rings. The first-order valence-electron chi connectivity index (χ1n) is 8.11. The van der Waals surface area contributed by atoms with Gasteiger partial charge in [-0.15, -0.1) is 0 Å². The Morgan fingerprint density at radius 1 is 1.12 bits per heavy atom. The van der Waals surface area contributed by atoms with Crippen molar-refractivity contribution in [3.05, 3.63) is 81.7 Å². The van der Waals surface area contributed by atoms with Crippen LogP contribution >= 0.6 is 0 Å². The van der Waals surface area contributed by atoms with Gasteiger partial charge in [-0.25, -0.2) is 0 Å². The van der Waals surface area contributed by atoms with E-state index >= 15 is 0 Å². The van der Waals surface area contributed by atoms with Gasteiger partial charge in [-0.05, 0) is 38.1 Å². The number of aromatic nitrogens is 1. The highest BCUT2D eigenvalue weighted by Gasteiger charge is 2.12. The van der Waals surface area contributed by atoms with E-state index in [1.54, 1.807) is 25.5 Å². The second-order valence-electron chi connectivity index (χ2n) is 5.90.